The minimum Gasteiger partial charge on any atom is -0.497 e. The van der Waals surface area contributed by atoms with E-state index in [1.54, 1.807) is 50.5 Å². The van der Waals surface area contributed by atoms with Gasteiger partial charge in [0.15, 0.2) is 11.5 Å². The number of amides is 4. The first kappa shape index (κ1) is 26.7. The summed E-state index contributed by atoms with van der Waals surface area (Å²) in [6, 6.07) is 11.5. The van der Waals surface area contributed by atoms with Crippen LogP contribution in [0.2, 0.25) is 0 Å². The molecule has 0 aliphatic carbocycles. The number of carbonyl (C=O) groups excluding carboxylic acids is 3. The molecule has 1 fully saturated rings. The van der Waals surface area contributed by atoms with Gasteiger partial charge in [-0.1, -0.05) is 12.1 Å². The molecule has 4 amide bonds. The van der Waals surface area contributed by atoms with Crippen molar-refractivity contribution < 1.29 is 28.6 Å². The number of methoxy groups -OCH3 is 3. The molecule has 1 heterocycles. The lowest BCUT2D eigenvalue weighted by molar-refractivity contribution is -0.128. The SMILES string of the molecule is COc1cccc(NC(=O)N2CCC(NC(=O)C(Cc3ccc(OC)c(OC)c3)NC(C)=O)CC2)c1. The highest BCUT2D eigenvalue weighted by Crippen LogP contribution is 2.28. The van der Waals surface area contributed by atoms with Crippen LogP contribution in [0.25, 0.3) is 0 Å². The zero-order valence-corrected chi connectivity index (χ0v) is 21.1. The van der Waals surface area contributed by atoms with Gasteiger partial charge in [0.1, 0.15) is 11.8 Å². The van der Waals surface area contributed by atoms with Crippen LogP contribution in [0.4, 0.5) is 10.5 Å². The van der Waals surface area contributed by atoms with E-state index < -0.39 is 6.04 Å². The monoisotopic (exact) mass is 498 g/mol. The molecule has 194 valence electrons. The van der Waals surface area contributed by atoms with E-state index in [2.05, 4.69) is 16.0 Å². The zero-order valence-electron chi connectivity index (χ0n) is 21.1. The molecule has 1 unspecified atom stereocenters. The number of likely N-dealkylation sites (tertiary alicyclic amines) is 1. The van der Waals surface area contributed by atoms with E-state index in [9.17, 15) is 14.4 Å². The highest BCUT2D eigenvalue weighted by molar-refractivity contribution is 5.90. The summed E-state index contributed by atoms with van der Waals surface area (Å²) in [6.07, 6.45) is 1.52. The lowest BCUT2D eigenvalue weighted by Crippen LogP contribution is -2.53. The lowest BCUT2D eigenvalue weighted by atomic mass is 10.0. The average Bonchev–Trinajstić information content (AvgIpc) is 2.88. The summed E-state index contributed by atoms with van der Waals surface area (Å²) >= 11 is 0. The predicted octanol–water partition coefficient (Wildman–Crippen LogP) is 2.57. The number of hydrogen-bond acceptors (Lipinski definition) is 6. The van der Waals surface area contributed by atoms with Crippen LogP contribution < -0.4 is 30.2 Å². The highest BCUT2D eigenvalue weighted by Gasteiger charge is 2.27. The molecule has 0 bridgehead atoms. The predicted molar refractivity (Wildman–Crippen MR) is 136 cm³/mol. The Morgan fingerprint density at radius 3 is 2.33 bits per heavy atom. The first-order chi connectivity index (χ1) is 17.3. The van der Waals surface area contributed by atoms with Gasteiger partial charge in [0.05, 0.1) is 21.3 Å². The maximum absolute atomic E-state index is 13.1. The van der Waals surface area contributed by atoms with Gasteiger partial charge in [-0.05, 0) is 42.7 Å². The van der Waals surface area contributed by atoms with Crippen LogP contribution in [-0.2, 0) is 16.0 Å². The quantitative estimate of drug-likeness (QED) is 0.489. The Hall–Kier alpha value is -3.95. The molecule has 0 aromatic heterocycles. The molecule has 0 saturated carbocycles. The van der Waals surface area contributed by atoms with E-state index in [0.717, 1.165) is 5.56 Å². The number of nitrogens with one attached hydrogen (secondary N) is 3. The van der Waals surface area contributed by atoms with Crippen molar-refractivity contribution in [2.24, 2.45) is 0 Å². The fourth-order valence-corrected chi connectivity index (χ4v) is 4.13. The Kier molecular flexibility index (Phi) is 9.38. The van der Waals surface area contributed by atoms with Crippen LogP contribution in [0.3, 0.4) is 0 Å². The largest absolute Gasteiger partial charge is 0.497 e. The third-order valence-corrected chi connectivity index (χ3v) is 6.03. The van der Waals surface area contributed by atoms with Crippen LogP contribution >= 0.6 is 0 Å². The summed E-state index contributed by atoms with van der Waals surface area (Å²) in [7, 11) is 4.67. The summed E-state index contributed by atoms with van der Waals surface area (Å²) in [5.74, 6) is 1.25. The summed E-state index contributed by atoms with van der Waals surface area (Å²) in [4.78, 5) is 39.2. The zero-order chi connectivity index (χ0) is 26.1. The summed E-state index contributed by atoms with van der Waals surface area (Å²) in [5, 5.41) is 8.65. The Labute approximate surface area is 211 Å². The van der Waals surface area contributed by atoms with Crippen LogP contribution in [-0.4, -0.2) is 69.2 Å². The molecule has 3 rings (SSSR count). The number of carbonyl (C=O) groups is 3. The summed E-state index contributed by atoms with van der Waals surface area (Å²) < 4.78 is 15.8. The number of rotatable bonds is 9. The molecule has 10 nitrogen and oxygen atoms in total. The molecule has 1 atom stereocenters. The van der Waals surface area contributed by atoms with Crippen molar-refractivity contribution in [3.05, 3.63) is 48.0 Å². The van der Waals surface area contributed by atoms with Gasteiger partial charge in [-0.15, -0.1) is 0 Å². The number of benzene rings is 2. The Morgan fingerprint density at radius 1 is 0.972 bits per heavy atom. The molecule has 0 radical (unpaired) electrons. The van der Waals surface area contributed by atoms with Crippen molar-refractivity contribution in [2.45, 2.75) is 38.3 Å². The maximum atomic E-state index is 13.1. The van der Waals surface area contributed by atoms with Gasteiger partial charge in [0.25, 0.3) is 0 Å². The minimum absolute atomic E-state index is 0.0972. The van der Waals surface area contributed by atoms with Crippen LogP contribution in [0.5, 0.6) is 17.2 Å². The second-order valence-corrected chi connectivity index (χ2v) is 8.58. The Balaban J connectivity index is 1.55. The molecule has 2 aromatic rings. The van der Waals surface area contributed by atoms with E-state index in [0.29, 0.717) is 55.3 Å². The molecule has 1 aliphatic rings. The second-order valence-electron chi connectivity index (χ2n) is 8.58. The van der Waals surface area contributed by atoms with Crippen molar-refractivity contribution >= 4 is 23.5 Å². The van der Waals surface area contributed by atoms with E-state index in [-0.39, 0.29) is 23.9 Å². The molecule has 1 aliphatic heterocycles. The standard InChI is InChI=1S/C26H34N4O6/c1-17(31)27-22(14-18-8-9-23(35-3)24(15-18)36-4)25(32)28-19-10-12-30(13-11-19)26(33)29-20-6-5-7-21(16-20)34-2/h5-9,15-16,19,22H,10-14H2,1-4H3,(H,27,31)(H,28,32)(H,29,33). The smallest absolute Gasteiger partial charge is 0.321 e. The Morgan fingerprint density at radius 2 is 1.69 bits per heavy atom. The van der Waals surface area contributed by atoms with E-state index in [1.165, 1.54) is 6.92 Å². The molecule has 0 spiro atoms. The molecule has 2 aromatic carbocycles. The number of hydrogen-bond donors (Lipinski definition) is 3. The first-order valence-electron chi connectivity index (χ1n) is 11.8. The van der Waals surface area contributed by atoms with Crippen LogP contribution in [0.15, 0.2) is 42.5 Å². The van der Waals surface area contributed by atoms with E-state index in [4.69, 9.17) is 14.2 Å². The maximum Gasteiger partial charge on any atom is 0.321 e. The van der Waals surface area contributed by atoms with Gasteiger partial charge >= 0.3 is 6.03 Å². The molecular weight excluding hydrogens is 464 g/mol. The van der Waals surface area contributed by atoms with Gasteiger partial charge in [-0.3, -0.25) is 9.59 Å². The van der Waals surface area contributed by atoms with Gasteiger partial charge in [-0.2, -0.15) is 0 Å². The second kappa shape index (κ2) is 12.7. The topological polar surface area (TPSA) is 118 Å². The number of piperidine rings is 1. The van der Waals surface area contributed by atoms with Gasteiger partial charge in [-0.25, -0.2) is 4.79 Å². The first-order valence-corrected chi connectivity index (χ1v) is 11.8. The van der Waals surface area contributed by atoms with Crippen molar-refractivity contribution in [1.82, 2.24) is 15.5 Å². The average molecular weight is 499 g/mol. The van der Waals surface area contributed by atoms with Crippen molar-refractivity contribution in [3.8, 4) is 17.2 Å². The van der Waals surface area contributed by atoms with E-state index in [1.807, 2.05) is 18.2 Å². The molecule has 10 heteroatoms. The van der Waals surface area contributed by atoms with Crippen molar-refractivity contribution in [1.29, 1.82) is 0 Å². The number of urea groups is 1. The number of nitrogens with zero attached hydrogens (tertiary/aromatic N) is 1. The van der Waals surface area contributed by atoms with Gasteiger partial charge < -0.3 is 35.1 Å². The fraction of sp³-hybridized carbons (Fsp3) is 0.423. The molecule has 1 saturated heterocycles. The van der Waals surface area contributed by atoms with Crippen molar-refractivity contribution in [3.63, 3.8) is 0 Å². The number of ether oxygens (including phenoxy) is 3. The van der Waals surface area contributed by atoms with Crippen LogP contribution in [0, 0.1) is 0 Å². The van der Waals surface area contributed by atoms with Crippen LogP contribution in [0.1, 0.15) is 25.3 Å². The minimum atomic E-state index is -0.741. The number of anilines is 1. The third kappa shape index (κ3) is 7.27. The fourth-order valence-electron chi connectivity index (χ4n) is 4.13. The third-order valence-electron chi connectivity index (χ3n) is 6.03. The van der Waals surface area contributed by atoms with Gasteiger partial charge in [0.2, 0.25) is 11.8 Å². The highest BCUT2D eigenvalue weighted by atomic mass is 16.5. The van der Waals surface area contributed by atoms with E-state index >= 15 is 0 Å². The molecular formula is C26H34N4O6. The Bertz CT molecular complexity index is 1070. The normalized spacial score (nSPS) is 14.4. The lowest BCUT2D eigenvalue weighted by Gasteiger charge is -2.33. The van der Waals surface area contributed by atoms with Gasteiger partial charge in [0, 0.05) is 44.2 Å². The summed E-state index contributed by atoms with van der Waals surface area (Å²) in [6.45, 7) is 2.39. The summed E-state index contributed by atoms with van der Waals surface area (Å²) in [5.41, 5.74) is 1.48. The molecule has 3 N–H and O–H groups in total. The molecule has 36 heavy (non-hydrogen) atoms. The van der Waals surface area contributed by atoms with Crippen molar-refractivity contribution in [2.75, 3.05) is 39.7 Å².